The van der Waals surface area contributed by atoms with Gasteiger partial charge in [0.2, 0.25) is 0 Å². The van der Waals surface area contributed by atoms with Gasteiger partial charge >= 0.3 is 6.18 Å². The number of alkyl halides is 3. The maximum Gasteiger partial charge on any atom is 0.416 e. The molecule has 0 unspecified atom stereocenters. The van der Waals surface area contributed by atoms with E-state index in [-0.39, 0.29) is 0 Å². The number of nitrogens with zero attached hydrogens (tertiary/aromatic N) is 1. The van der Waals surface area contributed by atoms with Crippen molar-refractivity contribution in [2.24, 2.45) is 5.10 Å². The van der Waals surface area contributed by atoms with Crippen molar-refractivity contribution in [2.45, 2.75) is 13.1 Å². The van der Waals surface area contributed by atoms with Crippen LogP contribution < -0.4 is 5.43 Å². The van der Waals surface area contributed by atoms with E-state index in [2.05, 4.69) is 10.5 Å². The van der Waals surface area contributed by atoms with Crippen molar-refractivity contribution in [3.63, 3.8) is 0 Å². The van der Waals surface area contributed by atoms with Crippen LogP contribution in [0.2, 0.25) is 0 Å². The van der Waals surface area contributed by atoms with Gasteiger partial charge in [-0.25, -0.2) is 0 Å². The normalized spacial score (nSPS) is 11.8. The third-order valence-electron chi connectivity index (χ3n) is 2.78. The van der Waals surface area contributed by atoms with Gasteiger partial charge in [-0.15, -0.1) is 0 Å². The SMILES string of the molecule is Cc1ccccc1C=NNc1cccc(C(F)(F)F)c1. The summed E-state index contributed by atoms with van der Waals surface area (Å²) >= 11 is 0. The second kappa shape index (κ2) is 5.77. The van der Waals surface area contributed by atoms with Crippen molar-refractivity contribution in [1.82, 2.24) is 0 Å². The molecular formula is C15H13F3N2. The number of rotatable bonds is 3. The first-order valence-electron chi connectivity index (χ1n) is 5.99. The molecule has 0 aliphatic carbocycles. The zero-order valence-electron chi connectivity index (χ0n) is 10.8. The monoisotopic (exact) mass is 278 g/mol. The molecule has 0 aromatic heterocycles. The molecule has 0 saturated carbocycles. The number of anilines is 1. The summed E-state index contributed by atoms with van der Waals surface area (Å²) in [7, 11) is 0. The standard InChI is InChI=1S/C15H13F3N2/c1-11-5-2-3-6-12(11)10-19-20-14-8-4-7-13(9-14)15(16,17)18/h2-10,20H,1H3. The summed E-state index contributed by atoms with van der Waals surface area (Å²) in [6.07, 6.45) is -2.77. The van der Waals surface area contributed by atoms with Crippen LogP contribution in [-0.4, -0.2) is 6.21 Å². The van der Waals surface area contributed by atoms with E-state index in [1.165, 1.54) is 12.1 Å². The Morgan fingerprint density at radius 2 is 1.80 bits per heavy atom. The van der Waals surface area contributed by atoms with Crippen LogP contribution in [0, 0.1) is 6.92 Å². The van der Waals surface area contributed by atoms with Crippen LogP contribution in [0.1, 0.15) is 16.7 Å². The van der Waals surface area contributed by atoms with Crippen LogP contribution in [-0.2, 0) is 6.18 Å². The first kappa shape index (κ1) is 14.1. The van der Waals surface area contributed by atoms with Gasteiger partial charge in [-0.2, -0.15) is 18.3 Å². The fourth-order valence-electron chi connectivity index (χ4n) is 1.67. The predicted octanol–water partition coefficient (Wildman–Crippen LogP) is 4.46. The van der Waals surface area contributed by atoms with E-state index in [9.17, 15) is 13.2 Å². The minimum Gasteiger partial charge on any atom is -0.278 e. The molecule has 0 aliphatic heterocycles. The molecule has 0 saturated heterocycles. The van der Waals surface area contributed by atoms with Crippen molar-refractivity contribution in [3.8, 4) is 0 Å². The van der Waals surface area contributed by atoms with E-state index >= 15 is 0 Å². The minimum absolute atomic E-state index is 0.296. The van der Waals surface area contributed by atoms with E-state index in [1.807, 2.05) is 31.2 Å². The number of hydrogen-bond donors (Lipinski definition) is 1. The molecular weight excluding hydrogens is 265 g/mol. The Morgan fingerprint density at radius 3 is 2.50 bits per heavy atom. The van der Waals surface area contributed by atoms with Gasteiger partial charge in [0, 0.05) is 0 Å². The van der Waals surface area contributed by atoms with Gasteiger partial charge in [0.1, 0.15) is 0 Å². The second-order valence-electron chi connectivity index (χ2n) is 4.31. The van der Waals surface area contributed by atoms with Crippen LogP contribution in [0.3, 0.4) is 0 Å². The van der Waals surface area contributed by atoms with E-state index in [1.54, 1.807) is 6.21 Å². The van der Waals surface area contributed by atoms with Crippen LogP contribution in [0.4, 0.5) is 18.9 Å². The van der Waals surface area contributed by atoms with Gasteiger partial charge in [0.25, 0.3) is 0 Å². The third-order valence-corrected chi connectivity index (χ3v) is 2.78. The summed E-state index contributed by atoms with van der Waals surface area (Å²) < 4.78 is 37.6. The highest BCUT2D eigenvalue weighted by Crippen LogP contribution is 2.30. The summed E-state index contributed by atoms with van der Waals surface area (Å²) in [6, 6.07) is 12.5. The number of aryl methyl sites for hydroxylation is 1. The quantitative estimate of drug-likeness (QED) is 0.650. The molecule has 0 aliphatic rings. The molecule has 20 heavy (non-hydrogen) atoms. The summed E-state index contributed by atoms with van der Waals surface area (Å²) in [5, 5.41) is 3.95. The van der Waals surface area contributed by atoms with Gasteiger partial charge in [-0.3, -0.25) is 5.43 Å². The van der Waals surface area contributed by atoms with Crippen molar-refractivity contribution < 1.29 is 13.2 Å². The highest BCUT2D eigenvalue weighted by molar-refractivity contribution is 5.82. The lowest BCUT2D eigenvalue weighted by atomic mass is 10.1. The van der Waals surface area contributed by atoms with Crippen LogP contribution >= 0.6 is 0 Å². The molecule has 0 atom stereocenters. The summed E-state index contributed by atoms with van der Waals surface area (Å²) in [4.78, 5) is 0. The second-order valence-corrected chi connectivity index (χ2v) is 4.31. The summed E-state index contributed by atoms with van der Waals surface area (Å²) in [6.45, 7) is 1.94. The Bertz CT molecular complexity index is 619. The molecule has 0 amide bonds. The van der Waals surface area contributed by atoms with E-state index in [4.69, 9.17) is 0 Å². The molecule has 0 heterocycles. The van der Waals surface area contributed by atoms with Crippen molar-refractivity contribution in [2.75, 3.05) is 5.43 Å². The molecule has 0 bridgehead atoms. The number of nitrogens with one attached hydrogen (secondary N) is 1. The molecule has 2 aromatic carbocycles. The number of hydrazone groups is 1. The molecule has 1 N–H and O–H groups in total. The fraction of sp³-hybridized carbons (Fsp3) is 0.133. The van der Waals surface area contributed by atoms with E-state index in [0.717, 1.165) is 23.3 Å². The smallest absolute Gasteiger partial charge is 0.278 e. The summed E-state index contributed by atoms with van der Waals surface area (Å²) in [5.74, 6) is 0. The van der Waals surface area contributed by atoms with E-state index in [0.29, 0.717) is 5.69 Å². The lowest BCUT2D eigenvalue weighted by molar-refractivity contribution is -0.137. The molecule has 5 heteroatoms. The number of hydrogen-bond acceptors (Lipinski definition) is 2. The van der Waals surface area contributed by atoms with Gasteiger partial charge in [0.15, 0.2) is 0 Å². The van der Waals surface area contributed by atoms with Crippen LogP contribution in [0.15, 0.2) is 53.6 Å². The van der Waals surface area contributed by atoms with Crippen molar-refractivity contribution in [1.29, 1.82) is 0 Å². The maximum atomic E-state index is 12.5. The maximum absolute atomic E-state index is 12.5. The highest BCUT2D eigenvalue weighted by atomic mass is 19.4. The first-order valence-corrected chi connectivity index (χ1v) is 5.99. The average molecular weight is 278 g/mol. The third kappa shape index (κ3) is 3.60. The first-order chi connectivity index (χ1) is 9.47. The van der Waals surface area contributed by atoms with Gasteiger partial charge in [-0.05, 0) is 36.2 Å². The minimum atomic E-state index is -4.35. The molecule has 0 spiro atoms. The Balaban J connectivity index is 2.10. The predicted molar refractivity (Wildman–Crippen MR) is 73.8 cm³/mol. The molecule has 2 nitrogen and oxygen atoms in total. The van der Waals surface area contributed by atoms with E-state index < -0.39 is 11.7 Å². The molecule has 2 aromatic rings. The van der Waals surface area contributed by atoms with Crippen LogP contribution in [0.5, 0.6) is 0 Å². The van der Waals surface area contributed by atoms with Crippen molar-refractivity contribution >= 4 is 11.9 Å². The highest BCUT2D eigenvalue weighted by Gasteiger charge is 2.30. The zero-order valence-corrected chi connectivity index (χ0v) is 10.8. The Hall–Kier alpha value is -2.30. The molecule has 2 rings (SSSR count). The molecule has 104 valence electrons. The van der Waals surface area contributed by atoms with Crippen molar-refractivity contribution in [3.05, 3.63) is 65.2 Å². The molecule has 0 radical (unpaired) electrons. The largest absolute Gasteiger partial charge is 0.416 e. The van der Waals surface area contributed by atoms with Gasteiger partial charge in [0.05, 0.1) is 17.5 Å². The number of benzene rings is 2. The Morgan fingerprint density at radius 1 is 1.05 bits per heavy atom. The summed E-state index contributed by atoms with van der Waals surface area (Å²) in [5.41, 5.74) is 4.15. The van der Waals surface area contributed by atoms with Crippen LogP contribution in [0.25, 0.3) is 0 Å². The molecule has 0 fully saturated rings. The number of halogens is 3. The Labute approximate surface area is 114 Å². The zero-order chi connectivity index (χ0) is 14.6. The lowest BCUT2D eigenvalue weighted by Crippen LogP contribution is -2.05. The average Bonchev–Trinajstić information content (AvgIpc) is 2.40. The van der Waals surface area contributed by atoms with Gasteiger partial charge < -0.3 is 0 Å². The fourth-order valence-corrected chi connectivity index (χ4v) is 1.67. The van der Waals surface area contributed by atoms with Gasteiger partial charge in [-0.1, -0.05) is 30.3 Å². The topological polar surface area (TPSA) is 24.4 Å². The lowest BCUT2D eigenvalue weighted by Gasteiger charge is -2.08. The Kier molecular flexibility index (Phi) is 4.08.